The SMILES string of the molecule is CCOC(=O)C1=C(CN2CCO[C@H](C)C2C(C)CC(=O)O)NC(c2nccs2)=NC1.Fc1cccc(Br)c1. The number of halogens is 2. The van der Waals surface area contributed by atoms with Crippen molar-refractivity contribution in [3.05, 3.63) is 62.4 Å². The number of aromatic nitrogens is 1. The van der Waals surface area contributed by atoms with E-state index >= 15 is 0 Å². The van der Waals surface area contributed by atoms with Crippen molar-refractivity contribution in [2.24, 2.45) is 10.9 Å². The van der Waals surface area contributed by atoms with Gasteiger partial charge in [0.05, 0.1) is 31.4 Å². The van der Waals surface area contributed by atoms with Gasteiger partial charge in [-0.2, -0.15) is 0 Å². The third-order valence-electron chi connectivity index (χ3n) is 6.07. The molecule has 0 radical (unpaired) electrons. The maximum Gasteiger partial charge on any atom is 0.337 e. The van der Waals surface area contributed by atoms with E-state index < -0.39 is 11.9 Å². The molecule has 2 aromatic rings. The Kier molecular flexibility index (Phi) is 11.4. The standard InChI is InChI=1S/C20H28N4O5S.C6H4BrF/c1-4-28-20(27)14-10-22-18(19-21-5-8-30-19)23-15(14)11-24-6-7-29-13(3)17(24)12(2)9-16(25)26;7-5-2-1-3-6(8)4-5/h5,8,12-13,17H,4,6-7,9-11H2,1-3H3,(H,22,23)(H,25,26);1-4H/t12?,13-,17?;/m1./s1. The van der Waals surface area contributed by atoms with Gasteiger partial charge in [-0.1, -0.05) is 28.9 Å². The number of rotatable bonds is 8. The van der Waals surface area contributed by atoms with Gasteiger partial charge in [-0.15, -0.1) is 11.3 Å². The number of ether oxygens (including phenoxy) is 2. The van der Waals surface area contributed by atoms with Crippen LogP contribution in [0, 0.1) is 11.7 Å². The minimum absolute atomic E-state index is 0.0535. The maximum atomic E-state index is 12.5. The molecule has 2 aliphatic rings. The Balaban J connectivity index is 0.000000427. The number of esters is 1. The van der Waals surface area contributed by atoms with Gasteiger partial charge < -0.3 is 19.9 Å². The smallest absolute Gasteiger partial charge is 0.337 e. The van der Waals surface area contributed by atoms with Crippen molar-refractivity contribution in [3.8, 4) is 0 Å². The third kappa shape index (κ3) is 8.42. The fourth-order valence-electron chi connectivity index (χ4n) is 4.48. The number of hydrogen-bond acceptors (Lipinski definition) is 9. The second-order valence-corrected chi connectivity index (χ2v) is 10.7. The van der Waals surface area contributed by atoms with Gasteiger partial charge in [0.15, 0.2) is 10.8 Å². The molecule has 0 aliphatic carbocycles. The Bertz CT molecular complexity index is 1140. The van der Waals surface area contributed by atoms with Gasteiger partial charge in [0, 0.05) is 47.3 Å². The summed E-state index contributed by atoms with van der Waals surface area (Å²) in [5, 5.41) is 15.2. The summed E-state index contributed by atoms with van der Waals surface area (Å²) < 4.78 is 24.0. The van der Waals surface area contributed by atoms with E-state index in [0.29, 0.717) is 31.1 Å². The monoisotopic (exact) mass is 610 g/mol. The molecule has 38 heavy (non-hydrogen) atoms. The van der Waals surface area contributed by atoms with Crippen molar-refractivity contribution < 1.29 is 28.6 Å². The van der Waals surface area contributed by atoms with E-state index in [1.54, 1.807) is 25.3 Å². The van der Waals surface area contributed by atoms with E-state index in [9.17, 15) is 19.1 Å². The van der Waals surface area contributed by atoms with E-state index in [4.69, 9.17) is 9.47 Å². The van der Waals surface area contributed by atoms with Crippen molar-refractivity contribution >= 4 is 45.0 Å². The number of morpholine rings is 1. The molecule has 0 spiro atoms. The number of aliphatic carboxylic acids is 1. The van der Waals surface area contributed by atoms with Crippen LogP contribution in [0.2, 0.25) is 0 Å². The molecule has 3 heterocycles. The zero-order valence-corrected chi connectivity index (χ0v) is 23.9. The molecule has 1 aromatic carbocycles. The molecule has 9 nitrogen and oxygen atoms in total. The van der Waals surface area contributed by atoms with Crippen LogP contribution in [0.5, 0.6) is 0 Å². The molecular formula is C26H32BrFN4O5S. The Labute approximate surface area is 233 Å². The highest BCUT2D eigenvalue weighted by Gasteiger charge is 2.36. The predicted molar refractivity (Wildman–Crippen MR) is 147 cm³/mol. The first-order valence-electron chi connectivity index (χ1n) is 12.3. The van der Waals surface area contributed by atoms with Crippen molar-refractivity contribution in [1.29, 1.82) is 0 Å². The van der Waals surface area contributed by atoms with Crippen molar-refractivity contribution in [3.63, 3.8) is 0 Å². The topological polar surface area (TPSA) is 113 Å². The molecule has 3 atom stereocenters. The van der Waals surface area contributed by atoms with Gasteiger partial charge >= 0.3 is 11.9 Å². The molecule has 1 fully saturated rings. The number of hydrogen-bond donors (Lipinski definition) is 2. The molecule has 12 heteroatoms. The lowest BCUT2D eigenvalue weighted by Gasteiger charge is -2.43. The lowest BCUT2D eigenvalue weighted by atomic mass is 9.91. The largest absolute Gasteiger partial charge is 0.481 e. The fraction of sp³-hybridized carbons (Fsp3) is 0.462. The zero-order chi connectivity index (χ0) is 27.7. The number of carbonyl (C=O) groups is 2. The van der Waals surface area contributed by atoms with E-state index in [-0.39, 0.29) is 43.5 Å². The highest BCUT2D eigenvalue weighted by Crippen LogP contribution is 2.26. The second-order valence-electron chi connectivity index (χ2n) is 8.86. The zero-order valence-electron chi connectivity index (χ0n) is 21.5. The molecule has 4 rings (SSSR count). The molecule has 0 bridgehead atoms. The first-order valence-corrected chi connectivity index (χ1v) is 14.0. The minimum atomic E-state index is -0.833. The van der Waals surface area contributed by atoms with Crippen LogP contribution in [-0.2, 0) is 19.1 Å². The van der Waals surface area contributed by atoms with Crippen LogP contribution < -0.4 is 5.32 Å². The van der Waals surface area contributed by atoms with E-state index in [2.05, 4.69) is 36.1 Å². The first-order chi connectivity index (χ1) is 18.2. The van der Waals surface area contributed by atoms with Crippen LogP contribution in [-0.4, -0.2) is 77.8 Å². The lowest BCUT2D eigenvalue weighted by molar-refractivity contribution is -0.140. The highest BCUT2D eigenvalue weighted by atomic mass is 79.9. The normalized spacial score (nSPS) is 20.5. The average molecular weight is 612 g/mol. The van der Waals surface area contributed by atoms with Crippen LogP contribution in [0.25, 0.3) is 0 Å². The molecule has 2 N–H and O–H groups in total. The number of carboxylic acid groups (broad SMARTS) is 1. The molecule has 2 unspecified atom stereocenters. The van der Waals surface area contributed by atoms with Crippen LogP contribution in [0.4, 0.5) is 4.39 Å². The Morgan fingerprint density at radius 3 is 2.82 bits per heavy atom. The number of thiazole rings is 1. The number of nitrogens with one attached hydrogen (secondary N) is 1. The summed E-state index contributed by atoms with van der Waals surface area (Å²) in [5.74, 6) is -0.914. The number of carbonyl (C=O) groups excluding carboxylic acids is 1. The number of aliphatic imine (C=N–C) groups is 1. The molecule has 0 amide bonds. The summed E-state index contributed by atoms with van der Waals surface area (Å²) in [7, 11) is 0. The predicted octanol–water partition coefficient (Wildman–Crippen LogP) is 4.10. The summed E-state index contributed by atoms with van der Waals surface area (Å²) in [5.41, 5.74) is 1.20. The fourth-order valence-corrected chi connectivity index (χ4v) is 5.45. The van der Waals surface area contributed by atoms with Gasteiger partial charge in [-0.3, -0.25) is 14.7 Å². The van der Waals surface area contributed by atoms with Crippen molar-refractivity contribution in [2.75, 3.05) is 32.8 Å². The van der Waals surface area contributed by atoms with E-state index in [1.807, 2.05) is 19.2 Å². The van der Waals surface area contributed by atoms with Crippen LogP contribution in [0.1, 0.15) is 32.2 Å². The van der Waals surface area contributed by atoms with Crippen molar-refractivity contribution in [1.82, 2.24) is 15.2 Å². The van der Waals surface area contributed by atoms with Crippen LogP contribution in [0.15, 0.2) is 56.6 Å². The van der Waals surface area contributed by atoms with E-state index in [1.165, 1.54) is 23.5 Å². The molecule has 0 saturated carbocycles. The molecule has 206 valence electrons. The lowest BCUT2D eigenvalue weighted by Crippen LogP contribution is -2.55. The summed E-state index contributed by atoms with van der Waals surface area (Å²) in [6.45, 7) is 7.79. The minimum Gasteiger partial charge on any atom is -0.481 e. The summed E-state index contributed by atoms with van der Waals surface area (Å²) in [4.78, 5) is 34.8. The first kappa shape index (κ1) is 29.9. The third-order valence-corrected chi connectivity index (χ3v) is 7.35. The summed E-state index contributed by atoms with van der Waals surface area (Å²) in [6.07, 6.45) is 1.65. The Morgan fingerprint density at radius 2 is 2.21 bits per heavy atom. The quantitative estimate of drug-likeness (QED) is 0.430. The average Bonchev–Trinajstić information content (AvgIpc) is 3.39. The van der Waals surface area contributed by atoms with E-state index in [0.717, 1.165) is 15.2 Å². The van der Waals surface area contributed by atoms with Gasteiger partial charge in [-0.25, -0.2) is 14.2 Å². The maximum absolute atomic E-state index is 12.5. The Hall–Kier alpha value is -2.67. The molecule has 1 saturated heterocycles. The summed E-state index contributed by atoms with van der Waals surface area (Å²) in [6, 6.07) is 6.17. The van der Waals surface area contributed by atoms with Crippen molar-refractivity contribution in [2.45, 2.75) is 39.3 Å². The van der Waals surface area contributed by atoms with Gasteiger partial charge in [0.25, 0.3) is 0 Å². The molecule has 2 aliphatic heterocycles. The molecule has 1 aromatic heterocycles. The number of carboxylic acids is 1. The number of amidine groups is 1. The van der Waals surface area contributed by atoms with Crippen LogP contribution in [0.3, 0.4) is 0 Å². The van der Waals surface area contributed by atoms with Crippen LogP contribution >= 0.6 is 27.3 Å². The molecular weight excluding hydrogens is 579 g/mol. The number of nitrogens with zero attached hydrogens (tertiary/aromatic N) is 3. The number of benzene rings is 1. The highest BCUT2D eigenvalue weighted by molar-refractivity contribution is 9.10. The Morgan fingerprint density at radius 1 is 1.42 bits per heavy atom. The second kappa shape index (κ2) is 14.5. The summed E-state index contributed by atoms with van der Waals surface area (Å²) >= 11 is 4.59. The van der Waals surface area contributed by atoms with Gasteiger partial charge in [0.2, 0.25) is 0 Å². The van der Waals surface area contributed by atoms with Gasteiger partial charge in [-0.05, 0) is 38.0 Å². The van der Waals surface area contributed by atoms with Gasteiger partial charge in [0.1, 0.15) is 5.82 Å².